The van der Waals surface area contributed by atoms with Crippen molar-refractivity contribution in [2.45, 2.75) is 0 Å². The number of furan rings is 1. The van der Waals surface area contributed by atoms with Crippen molar-refractivity contribution in [3.63, 3.8) is 0 Å². The van der Waals surface area contributed by atoms with Gasteiger partial charge < -0.3 is 19.0 Å². The van der Waals surface area contributed by atoms with Gasteiger partial charge in [0.05, 0.1) is 18.9 Å². The number of esters is 1. The molecule has 0 saturated carbocycles. The third kappa shape index (κ3) is 3.96. The van der Waals surface area contributed by atoms with E-state index in [1.54, 1.807) is 35.4 Å². The van der Waals surface area contributed by atoms with Crippen LogP contribution in [-0.2, 0) is 4.74 Å². The lowest BCUT2D eigenvalue weighted by atomic mass is 10.1. The minimum Gasteiger partial charge on any atom is -0.465 e. The fraction of sp³-hybridized carbons (Fsp3) is 0.238. The van der Waals surface area contributed by atoms with E-state index in [-0.39, 0.29) is 5.91 Å². The molecule has 0 atom stereocenters. The minimum atomic E-state index is -0.420. The molecule has 8 nitrogen and oxygen atoms in total. The standard InChI is InChI=1S/C21H20N4O4/c1-28-21(27)16-6-4-15(5-7-16)20(26)25-12-10-24(11-13-25)19-9-8-17(22-23-19)18-3-2-14-29-18/h2-9,14H,10-13H2,1H3. The van der Waals surface area contributed by atoms with Crippen molar-refractivity contribution in [3.8, 4) is 11.5 Å². The summed E-state index contributed by atoms with van der Waals surface area (Å²) in [6.45, 7) is 2.50. The highest BCUT2D eigenvalue weighted by Crippen LogP contribution is 2.20. The maximum absolute atomic E-state index is 12.7. The van der Waals surface area contributed by atoms with Crippen LogP contribution in [0.15, 0.2) is 59.2 Å². The number of carbonyl (C=O) groups is 2. The maximum Gasteiger partial charge on any atom is 0.337 e. The molecule has 1 saturated heterocycles. The fourth-order valence-corrected chi connectivity index (χ4v) is 3.24. The Balaban J connectivity index is 1.36. The van der Waals surface area contributed by atoms with Crippen molar-refractivity contribution in [2.75, 3.05) is 38.2 Å². The van der Waals surface area contributed by atoms with Crippen LogP contribution in [0.4, 0.5) is 5.82 Å². The number of piperazine rings is 1. The summed E-state index contributed by atoms with van der Waals surface area (Å²) in [7, 11) is 1.33. The van der Waals surface area contributed by atoms with Gasteiger partial charge >= 0.3 is 5.97 Å². The topological polar surface area (TPSA) is 88.8 Å². The molecule has 0 aliphatic carbocycles. The van der Waals surface area contributed by atoms with Gasteiger partial charge in [-0.2, -0.15) is 0 Å². The molecule has 0 bridgehead atoms. The molecule has 1 aliphatic heterocycles. The number of aromatic nitrogens is 2. The average molecular weight is 392 g/mol. The second-order valence-electron chi connectivity index (χ2n) is 6.60. The van der Waals surface area contributed by atoms with E-state index < -0.39 is 5.97 Å². The minimum absolute atomic E-state index is 0.0553. The van der Waals surface area contributed by atoms with Crippen LogP contribution in [0, 0.1) is 0 Å². The summed E-state index contributed by atoms with van der Waals surface area (Å²) in [5.74, 6) is 0.977. The molecule has 148 valence electrons. The Morgan fingerprint density at radius 2 is 1.66 bits per heavy atom. The maximum atomic E-state index is 12.7. The Morgan fingerprint density at radius 3 is 2.24 bits per heavy atom. The first kappa shape index (κ1) is 18.7. The first-order valence-electron chi connectivity index (χ1n) is 9.26. The van der Waals surface area contributed by atoms with Gasteiger partial charge in [0.1, 0.15) is 5.69 Å². The molecule has 3 aromatic rings. The van der Waals surface area contributed by atoms with Crippen molar-refractivity contribution in [1.29, 1.82) is 0 Å². The lowest BCUT2D eigenvalue weighted by molar-refractivity contribution is 0.0599. The zero-order chi connectivity index (χ0) is 20.2. The van der Waals surface area contributed by atoms with E-state index in [9.17, 15) is 9.59 Å². The summed E-state index contributed by atoms with van der Waals surface area (Å²) >= 11 is 0. The first-order chi connectivity index (χ1) is 14.2. The monoisotopic (exact) mass is 392 g/mol. The number of methoxy groups -OCH3 is 1. The summed E-state index contributed by atoms with van der Waals surface area (Å²) in [6, 6.07) is 13.9. The number of benzene rings is 1. The zero-order valence-corrected chi connectivity index (χ0v) is 15.9. The highest BCUT2D eigenvalue weighted by molar-refractivity contribution is 5.96. The summed E-state index contributed by atoms with van der Waals surface area (Å²) < 4.78 is 10.0. The third-order valence-electron chi connectivity index (χ3n) is 4.87. The normalized spacial score (nSPS) is 14.0. The van der Waals surface area contributed by atoms with Crippen LogP contribution < -0.4 is 4.90 Å². The van der Waals surface area contributed by atoms with Gasteiger partial charge in [-0.15, -0.1) is 10.2 Å². The van der Waals surface area contributed by atoms with E-state index in [4.69, 9.17) is 4.42 Å². The summed E-state index contributed by atoms with van der Waals surface area (Å²) in [5.41, 5.74) is 1.65. The van der Waals surface area contributed by atoms with Crippen molar-refractivity contribution in [2.24, 2.45) is 0 Å². The molecule has 1 amide bonds. The Kier molecular flexibility index (Phi) is 5.24. The second kappa shape index (κ2) is 8.14. The van der Waals surface area contributed by atoms with Crippen LogP contribution in [0.1, 0.15) is 20.7 Å². The quantitative estimate of drug-likeness (QED) is 0.630. The van der Waals surface area contributed by atoms with Gasteiger partial charge in [0.15, 0.2) is 11.6 Å². The molecule has 1 aliphatic rings. The summed E-state index contributed by atoms with van der Waals surface area (Å²) in [4.78, 5) is 28.1. The predicted molar refractivity (Wildman–Crippen MR) is 106 cm³/mol. The molecule has 0 radical (unpaired) electrons. The van der Waals surface area contributed by atoms with Crippen LogP contribution in [0.2, 0.25) is 0 Å². The van der Waals surface area contributed by atoms with E-state index in [1.807, 2.05) is 24.3 Å². The number of nitrogens with zero attached hydrogens (tertiary/aromatic N) is 4. The molecule has 0 N–H and O–H groups in total. The third-order valence-corrected chi connectivity index (χ3v) is 4.87. The van der Waals surface area contributed by atoms with Gasteiger partial charge in [0.25, 0.3) is 5.91 Å². The molecule has 29 heavy (non-hydrogen) atoms. The van der Waals surface area contributed by atoms with Crippen LogP contribution in [-0.4, -0.2) is 60.3 Å². The van der Waals surface area contributed by atoms with E-state index >= 15 is 0 Å². The van der Waals surface area contributed by atoms with Gasteiger partial charge in [0, 0.05) is 31.7 Å². The Morgan fingerprint density at radius 1 is 0.931 bits per heavy atom. The number of anilines is 1. The number of rotatable bonds is 4. The number of hydrogen-bond donors (Lipinski definition) is 0. The number of amides is 1. The SMILES string of the molecule is COC(=O)c1ccc(C(=O)N2CCN(c3ccc(-c4ccco4)nn3)CC2)cc1. The van der Waals surface area contributed by atoms with Gasteiger partial charge in [-0.1, -0.05) is 0 Å². The Labute approximate surface area is 167 Å². The molecule has 4 rings (SSSR count). The molecule has 3 heterocycles. The molecule has 8 heteroatoms. The molecule has 0 unspecified atom stereocenters. The molecular weight excluding hydrogens is 372 g/mol. The highest BCUT2D eigenvalue weighted by Gasteiger charge is 2.23. The largest absolute Gasteiger partial charge is 0.465 e. The Bertz CT molecular complexity index is 977. The van der Waals surface area contributed by atoms with Crippen molar-refractivity contribution in [3.05, 3.63) is 65.9 Å². The molecule has 2 aromatic heterocycles. The summed E-state index contributed by atoms with van der Waals surface area (Å²) in [5, 5.41) is 8.51. The smallest absolute Gasteiger partial charge is 0.337 e. The van der Waals surface area contributed by atoms with Gasteiger partial charge in [-0.3, -0.25) is 4.79 Å². The lowest BCUT2D eigenvalue weighted by Gasteiger charge is -2.35. The molecule has 1 aromatic carbocycles. The van der Waals surface area contributed by atoms with Crippen molar-refractivity contribution in [1.82, 2.24) is 15.1 Å². The number of carbonyl (C=O) groups excluding carboxylic acids is 2. The highest BCUT2D eigenvalue weighted by atomic mass is 16.5. The second-order valence-corrected chi connectivity index (χ2v) is 6.60. The van der Waals surface area contributed by atoms with Gasteiger partial charge in [0.2, 0.25) is 0 Å². The molecule has 1 fully saturated rings. The van der Waals surface area contributed by atoms with E-state index in [0.29, 0.717) is 48.8 Å². The first-order valence-corrected chi connectivity index (χ1v) is 9.26. The fourth-order valence-electron chi connectivity index (χ4n) is 3.24. The summed E-state index contributed by atoms with van der Waals surface area (Å²) in [6.07, 6.45) is 1.60. The van der Waals surface area contributed by atoms with Crippen LogP contribution in [0.3, 0.4) is 0 Å². The van der Waals surface area contributed by atoms with Gasteiger partial charge in [-0.05, 0) is 48.5 Å². The van der Waals surface area contributed by atoms with Crippen molar-refractivity contribution >= 4 is 17.7 Å². The number of hydrogen-bond acceptors (Lipinski definition) is 7. The predicted octanol–water partition coefficient (Wildman–Crippen LogP) is 2.49. The zero-order valence-electron chi connectivity index (χ0n) is 15.9. The lowest BCUT2D eigenvalue weighted by Crippen LogP contribution is -2.49. The van der Waals surface area contributed by atoms with Crippen LogP contribution >= 0.6 is 0 Å². The van der Waals surface area contributed by atoms with Gasteiger partial charge in [-0.25, -0.2) is 4.79 Å². The average Bonchev–Trinajstić information content (AvgIpc) is 3.33. The van der Waals surface area contributed by atoms with Crippen molar-refractivity contribution < 1.29 is 18.7 Å². The molecule has 0 spiro atoms. The van der Waals surface area contributed by atoms with E-state index in [2.05, 4.69) is 19.8 Å². The molecular formula is C21H20N4O4. The van der Waals surface area contributed by atoms with Crippen LogP contribution in [0.25, 0.3) is 11.5 Å². The van der Waals surface area contributed by atoms with E-state index in [1.165, 1.54) is 7.11 Å². The number of ether oxygens (including phenoxy) is 1. The van der Waals surface area contributed by atoms with E-state index in [0.717, 1.165) is 5.82 Å². The van der Waals surface area contributed by atoms with Crippen LogP contribution in [0.5, 0.6) is 0 Å². The Hall–Kier alpha value is -3.68.